The molecule has 1 saturated heterocycles. The van der Waals surface area contributed by atoms with Gasteiger partial charge in [-0.3, -0.25) is 14.5 Å². The minimum absolute atomic E-state index is 0.128. The van der Waals surface area contributed by atoms with E-state index in [0.717, 1.165) is 32.5 Å². The van der Waals surface area contributed by atoms with Gasteiger partial charge >= 0.3 is 0 Å². The van der Waals surface area contributed by atoms with Gasteiger partial charge in [0.2, 0.25) is 5.91 Å². The lowest BCUT2D eigenvalue weighted by molar-refractivity contribution is 0.0907. The fourth-order valence-corrected chi connectivity index (χ4v) is 3.23. The predicted molar refractivity (Wildman–Crippen MR) is 102 cm³/mol. The summed E-state index contributed by atoms with van der Waals surface area (Å²) in [6.07, 6.45) is 1.78. The third-order valence-corrected chi connectivity index (χ3v) is 4.84. The number of amides is 2. The molecular formula is C21H22N4O2. The van der Waals surface area contributed by atoms with E-state index in [-0.39, 0.29) is 11.9 Å². The highest BCUT2D eigenvalue weighted by Gasteiger charge is 2.21. The van der Waals surface area contributed by atoms with Crippen LogP contribution in [0.1, 0.15) is 44.7 Å². The number of benzene rings is 2. The molecule has 0 aliphatic carbocycles. The Morgan fingerprint density at radius 2 is 1.63 bits per heavy atom. The molecule has 6 nitrogen and oxygen atoms in total. The molecule has 0 atom stereocenters. The average Bonchev–Trinajstić information content (AvgIpc) is 2.70. The molecule has 1 aliphatic rings. The lowest BCUT2D eigenvalue weighted by atomic mass is 10.0. The second-order valence-electron chi connectivity index (χ2n) is 6.77. The Morgan fingerprint density at radius 3 is 2.19 bits per heavy atom. The number of nitrogens with zero attached hydrogens (tertiary/aromatic N) is 2. The largest absolute Gasteiger partial charge is 0.366 e. The number of hydrogen-bond acceptors (Lipinski definition) is 4. The Kier molecular flexibility index (Phi) is 5.84. The van der Waals surface area contributed by atoms with Crippen molar-refractivity contribution in [3.8, 4) is 6.07 Å². The first-order chi connectivity index (χ1) is 13.0. The molecule has 3 N–H and O–H groups in total. The number of nitrogens with one attached hydrogen (secondary N) is 1. The van der Waals surface area contributed by atoms with E-state index < -0.39 is 5.91 Å². The lowest BCUT2D eigenvalue weighted by Gasteiger charge is -2.32. The van der Waals surface area contributed by atoms with Gasteiger partial charge in [-0.05, 0) is 54.8 Å². The molecule has 3 rings (SSSR count). The van der Waals surface area contributed by atoms with E-state index in [2.05, 4.69) is 16.3 Å². The molecule has 6 heteroatoms. The number of piperidine rings is 1. The van der Waals surface area contributed by atoms with Crippen LogP contribution in [0.25, 0.3) is 0 Å². The van der Waals surface area contributed by atoms with Crippen LogP contribution in [0.3, 0.4) is 0 Å². The van der Waals surface area contributed by atoms with Crippen molar-refractivity contribution < 1.29 is 9.59 Å². The monoisotopic (exact) mass is 362 g/mol. The third kappa shape index (κ3) is 4.93. The van der Waals surface area contributed by atoms with Gasteiger partial charge in [0.1, 0.15) is 0 Å². The smallest absolute Gasteiger partial charge is 0.251 e. The summed E-state index contributed by atoms with van der Waals surface area (Å²) in [6.45, 7) is 2.66. The maximum absolute atomic E-state index is 12.4. The topological polar surface area (TPSA) is 99.2 Å². The van der Waals surface area contributed by atoms with Gasteiger partial charge < -0.3 is 11.1 Å². The fourth-order valence-electron chi connectivity index (χ4n) is 3.23. The van der Waals surface area contributed by atoms with Crippen LogP contribution in [-0.4, -0.2) is 35.8 Å². The van der Waals surface area contributed by atoms with Crippen LogP contribution in [0, 0.1) is 11.3 Å². The summed E-state index contributed by atoms with van der Waals surface area (Å²) >= 11 is 0. The van der Waals surface area contributed by atoms with E-state index in [1.807, 2.05) is 24.3 Å². The highest BCUT2D eigenvalue weighted by Crippen LogP contribution is 2.15. The van der Waals surface area contributed by atoms with Gasteiger partial charge in [-0.25, -0.2) is 0 Å². The molecule has 1 heterocycles. The van der Waals surface area contributed by atoms with Crippen LogP contribution < -0.4 is 11.1 Å². The Balaban J connectivity index is 1.48. The Morgan fingerprint density at radius 1 is 1.04 bits per heavy atom. The number of hydrogen-bond donors (Lipinski definition) is 2. The second kappa shape index (κ2) is 8.47. The molecule has 0 bridgehead atoms. The van der Waals surface area contributed by atoms with E-state index in [1.54, 1.807) is 24.3 Å². The van der Waals surface area contributed by atoms with Crippen molar-refractivity contribution in [3.05, 3.63) is 70.8 Å². The number of primary amides is 1. The SMILES string of the molecule is N#Cc1ccc(CN2CCC(NC(=O)c3ccc(C(N)=O)cc3)CC2)cc1. The second-order valence-corrected chi connectivity index (χ2v) is 6.77. The maximum atomic E-state index is 12.4. The predicted octanol–water partition coefficient (Wildman–Crippen LogP) is 2.05. The van der Waals surface area contributed by atoms with E-state index in [9.17, 15) is 9.59 Å². The standard InChI is InChI=1S/C21H22N4O2/c22-13-15-1-3-16(4-2-15)14-25-11-9-19(10-12-25)24-21(27)18-7-5-17(6-8-18)20(23)26/h1-8,19H,9-12,14H2,(H2,23,26)(H,24,27). The van der Waals surface area contributed by atoms with Gasteiger partial charge in [0, 0.05) is 36.8 Å². The van der Waals surface area contributed by atoms with Gasteiger partial charge in [-0.1, -0.05) is 12.1 Å². The van der Waals surface area contributed by atoms with E-state index in [0.29, 0.717) is 16.7 Å². The first-order valence-corrected chi connectivity index (χ1v) is 8.97. The molecule has 2 aromatic carbocycles. The molecule has 0 radical (unpaired) electrons. The molecule has 0 saturated carbocycles. The molecular weight excluding hydrogens is 340 g/mol. The van der Waals surface area contributed by atoms with Crippen LogP contribution >= 0.6 is 0 Å². The molecule has 0 aromatic heterocycles. The summed E-state index contributed by atoms with van der Waals surface area (Å²) in [6, 6.07) is 16.3. The molecule has 1 aliphatic heterocycles. The van der Waals surface area contributed by atoms with Crippen molar-refractivity contribution in [2.75, 3.05) is 13.1 Å². The van der Waals surface area contributed by atoms with Gasteiger partial charge in [-0.2, -0.15) is 5.26 Å². The Hall–Kier alpha value is -3.17. The first-order valence-electron chi connectivity index (χ1n) is 8.97. The third-order valence-electron chi connectivity index (χ3n) is 4.84. The highest BCUT2D eigenvalue weighted by molar-refractivity contribution is 5.97. The van der Waals surface area contributed by atoms with Crippen LogP contribution in [0.4, 0.5) is 0 Å². The molecule has 0 spiro atoms. The summed E-state index contributed by atoms with van der Waals surface area (Å²) in [5.74, 6) is -0.631. The van der Waals surface area contributed by atoms with Crippen LogP contribution in [-0.2, 0) is 6.54 Å². The zero-order valence-corrected chi connectivity index (χ0v) is 15.0. The minimum atomic E-state index is -0.503. The number of carbonyl (C=O) groups excluding carboxylic acids is 2. The quantitative estimate of drug-likeness (QED) is 0.850. The first kappa shape index (κ1) is 18.6. The van der Waals surface area contributed by atoms with Crippen LogP contribution in [0.2, 0.25) is 0 Å². The summed E-state index contributed by atoms with van der Waals surface area (Å²) < 4.78 is 0. The zero-order valence-electron chi connectivity index (χ0n) is 15.0. The summed E-state index contributed by atoms with van der Waals surface area (Å²) in [5.41, 5.74) is 7.99. The van der Waals surface area contributed by atoms with Crippen LogP contribution in [0.15, 0.2) is 48.5 Å². The minimum Gasteiger partial charge on any atom is -0.366 e. The number of likely N-dealkylation sites (tertiary alicyclic amines) is 1. The van der Waals surface area contributed by atoms with Crippen molar-refractivity contribution in [2.45, 2.75) is 25.4 Å². The van der Waals surface area contributed by atoms with Crippen molar-refractivity contribution in [3.63, 3.8) is 0 Å². The van der Waals surface area contributed by atoms with Crippen molar-refractivity contribution in [2.24, 2.45) is 5.73 Å². The Bertz CT molecular complexity index is 845. The van der Waals surface area contributed by atoms with Gasteiger partial charge in [0.15, 0.2) is 0 Å². The molecule has 138 valence electrons. The number of nitriles is 1. The molecule has 0 unspecified atom stereocenters. The summed E-state index contributed by atoms with van der Waals surface area (Å²) in [4.78, 5) is 25.8. The molecule has 2 amide bonds. The van der Waals surface area contributed by atoms with Gasteiger partial charge in [0.05, 0.1) is 11.6 Å². The molecule has 27 heavy (non-hydrogen) atoms. The van der Waals surface area contributed by atoms with Crippen molar-refractivity contribution in [1.29, 1.82) is 5.26 Å². The van der Waals surface area contributed by atoms with Crippen LogP contribution in [0.5, 0.6) is 0 Å². The van der Waals surface area contributed by atoms with E-state index >= 15 is 0 Å². The van der Waals surface area contributed by atoms with Gasteiger partial charge in [0.25, 0.3) is 5.91 Å². The Labute approximate surface area is 158 Å². The fraction of sp³-hybridized carbons (Fsp3) is 0.286. The van der Waals surface area contributed by atoms with E-state index in [1.165, 1.54) is 5.56 Å². The molecule has 2 aromatic rings. The summed E-state index contributed by atoms with van der Waals surface area (Å²) in [7, 11) is 0. The van der Waals surface area contributed by atoms with Crippen molar-refractivity contribution >= 4 is 11.8 Å². The number of nitrogens with two attached hydrogens (primary N) is 1. The number of carbonyl (C=O) groups is 2. The number of rotatable bonds is 5. The molecule has 1 fully saturated rings. The summed E-state index contributed by atoms with van der Waals surface area (Å²) in [5, 5.41) is 11.9. The average molecular weight is 362 g/mol. The highest BCUT2D eigenvalue weighted by atomic mass is 16.2. The maximum Gasteiger partial charge on any atom is 0.251 e. The normalized spacial score (nSPS) is 15.1. The lowest BCUT2D eigenvalue weighted by Crippen LogP contribution is -2.44. The van der Waals surface area contributed by atoms with Gasteiger partial charge in [-0.15, -0.1) is 0 Å². The van der Waals surface area contributed by atoms with Crippen molar-refractivity contribution in [1.82, 2.24) is 10.2 Å². The zero-order chi connectivity index (χ0) is 19.2. The van der Waals surface area contributed by atoms with E-state index in [4.69, 9.17) is 11.0 Å².